The van der Waals surface area contributed by atoms with Crippen molar-refractivity contribution in [2.75, 3.05) is 91.8 Å². The molecule has 6 rings (SSSR count). The number of nitrogens with zero attached hydrogens (tertiary/aromatic N) is 6. The maximum Gasteiger partial charge on any atom is 0.0594 e. The number of ether oxygens (including phenoxy) is 1. The summed E-state index contributed by atoms with van der Waals surface area (Å²) in [7, 11) is 0. The number of rotatable bonds is 7. The molecule has 8 heteroatoms. The molecule has 0 bridgehead atoms. The molecule has 0 atom stereocenters. The van der Waals surface area contributed by atoms with Crippen molar-refractivity contribution in [3.8, 4) is 0 Å². The summed E-state index contributed by atoms with van der Waals surface area (Å²) in [6.45, 7) is 50.9. The van der Waals surface area contributed by atoms with Crippen molar-refractivity contribution in [2.45, 2.75) is 210 Å². The van der Waals surface area contributed by atoms with E-state index in [1.54, 1.807) is 0 Å². The fourth-order valence-corrected chi connectivity index (χ4v) is 8.52. The number of aliphatic hydroxyl groups is 1. The molecular weight excluding hydrogens is 705 g/mol. The first kappa shape index (κ1) is 54.7. The average molecular weight is 809 g/mol. The molecule has 6 fully saturated rings. The van der Waals surface area contributed by atoms with Crippen LogP contribution in [0, 0.1) is 17.8 Å². The Balaban J connectivity index is 0.000000343. The van der Waals surface area contributed by atoms with Crippen LogP contribution in [0.25, 0.3) is 0 Å². The van der Waals surface area contributed by atoms with Gasteiger partial charge in [-0.2, -0.15) is 0 Å². The smallest absolute Gasteiger partial charge is 0.0594 e. The van der Waals surface area contributed by atoms with Crippen LogP contribution in [0.3, 0.4) is 0 Å². The van der Waals surface area contributed by atoms with Gasteiger partial charge in [-0.3, -0.25) is 4.90 Å². The first-order valence-electron chi connectivity index (χ1n) is 24.6. The molecule has 0 radical (unpaired) electrons. The lowest BCUT2D eigenvalue weighted by Gasteiger charge is -2.40. The SMILES string of the molecule is CC(C)N1CCC(O)CC1.CC(C)N1CCCCC1.CC(C)N1CCOCC1.CC1CCN(C(C)C)CC1.CC1CN(C(C)C)C1.CCC1CCN(C(C)C)CC1. The Morgan fingerprint density at radius 3 is 1.05 bits per heavy atom. The fourth-order valence-electron chi connectivity index (χ4n) is 8.52. The van der Waals surface area contributed by atoms with Gasteiger partial charge in [-0.15, -0.1) is 0 Å². The third-order valence-corrected chi connectivity index (χ3v) is 13.5. The number of hydrogen-bond acceptors (Lipinski definition) is 8. The third kappa shape index (κ3) is 25.3. The topological polar surface area (TPSA) is 48.9 Å². The van der Waals surface area contributed by atoms with Crippen LogP contribution in [-0.2, 0) is 4.74 Å². The first-order chi connectivity index (χ1) is 26.9. The van der Waals surface area contributed by atoms with Gasteiger partial charge in [0.05, 0.1) is 19.3 Å². The normalized spacial score (nSPS) is 23.5. The molecule has 6 saturated heterocycles. The number of likely N-dealkylation sites (tertiary alicyclic amines) is 5. The van der Waals surface area contributed by atoms with Crippen molar-refractivity contribution in [3.05, 3.63) is 0 Å². The summed E-state index contributed by atoms with van der Waals surface area (Å²) in [5.41, 5.74) is 0. The van der Waals surface area contributed by atoms with Crippen molar-refractivity contribution < 1.29 is 9.84 Å². The summed E-state index contributed by atoms with van der Waals surface area (Å²) < 4.78 is 5.21. The number of aliphatic hydroxyl groups excluding tert-OH is 1. The lowest BCUT2D eigenvalue weighted by Crippen LogP contribution is -2.48. The summed E-state index contributed by atoms with van der Waals surface area (Å²) in [5, 5.41) is 9.18. The van der Waals surface area contributed by atoms with Crippen LogP contribution in [-0.4, -0.2) is 169 Å². The molecule has 1 N–H and O–H groups in total. The maximum atomic E-state index is 9.18. The molecule has 342 valence electrons. The van der Waals surface area contributed by atoms with E-state index in [0.29, 0.717) is 12.1 Å². The first-order valence-corrected chi connectivity index (χ1v) is 24.6. The molecule has 0 saturated carbocycles. The zero-order valence-electron chi connectivity index (χ0n) is 41.3. The fraction of sp³-hybridized carbons (Fsp3) is 1.00. The van der Waals surface area contributed by atoms with Gasteiger partial charge in [0.2, 0.25) is 0 Å². The molecular formula is C49H104N6O2. The predicted molar refractivity (Wildman–Crippen MR) is 251 cm³/mol. The lowest BCUT2D eigenvalue weighted by atomic mass is 9.94. The molecule has 0 amide bonds. The second kappa shape index (κ2) is 31.5. The molecule has 6 heterocycles. The van der Waals surface area contributed by atoms with Crippen LogP contribution in [0.15, 0.2) is 0 Å². The van der Waals surface area contributed by atoms with Gasteiger partial charge in [0, 0.05) is 75.5 Å². The molecule has 0 aliphatic carbocycles. The van der Waals surface area contributed by atoms with Crippen molar-refractivity contribution in [3.63, 3.8) is 0 Å². The zero-order valence-corrected chi connectivity index (χ0v) is 41.3. The highest BCUT2D eigenvalue weighted by atomic mass is 16.5. The van der Waals surface area contributed by atoms with Crippen LogP contribution in [0.5, 0.6) is 0 Å². The van der Waals surface area contributed by atoms with Gasteiger partial charge in [-0.05, 0) is 191 Å². The summed E-state index contributed by atoms with van der Waals surface area (Å²) >= 11 is 0. The van der Waals surface area contributed by atoms with Crippen LogP contribution in [0.1, 0.15) is 168 Å². The zero-order chi connectivity index (χ0) is 42.9. The molecule has 0 aromatic rings. The molecule has 8 nitrogen and oxygen atoms in total. The standard InChI is InChI=1S/C10H21N.C9H19N.C8H17NO.C8H17N.C7H15NO.C7H15N/c1-4-10-5-7-11(8-6-10)9(2)3;1-8(2)10-6-4-9(3)5-7-10;1-7(2)9-5-3-8(10)4-6-9;1-8(2)9-6-4-3-5-7-9;1-7(2)8-3-5-9-6-4-8;1-6(2)8-4-7(3)5-8/h9-10H,4-8H2,1-3H3;8-9H,4-7H2,1-3H3;7-8,10H,3-6H2,1-2H3;8H,3-7H2,1-2H3;7H,3-6H2,1-2H3;6-7H,4-5H2,1-3H3. The molecule has 0 aromatic heterocycles. The Kier molecular flexibility index (Phi) is 30.2. The van der Waals surface area contributed by atoms with E-state index in [9.17, 15) is 5.11 Å². The van der Waals surface area contributed by atoms with Crippen molar-refractivity contribution in [1.29, 1.82) is 0 Å². The molecule has 0 aromatic carbocycles. The molecule has 6 aliphatic rings. The van der Waals surface area contributed by atoms with Gasteiger partial charge in [0.25, 0.3) is 0 Å². The minimum Gasteiger partial charge on any atom is -0.393 e. The molecule has 57 heavy (non-hydrogen) atoms. The molecule has 0 spiro atoms. The summed E-state index contributed by atoms with van der Waals surface area (Å²) in [4.78, 5) is 15.1. The van der Waals surface area contributed by atoms with Crippen LogP contribution < -0.4 is 0 Å². The van der Waals surface area contributed by atoms with Gasteiger partial charge in [-0.25, -0.2) is 0 Å². The summed E-state index contributed by atoms with van der Waals surface area (Å²) in [5.74, 6) is 2.94. The number of morpholine rings is 1. The molecule has 6 aliphatic heterocycles. The van der Waals surface area contributed by atoms with Crippen molar-refractivity contribution >= 4 is 0 Å². The number of piperidine rings is 4. The van der Waals surface area contributed by atoms with Crippen LogP contribution in [0.2, 0.25) is 0 Å². The third-order valence-electron chi connectivity index (χ3n) is 13.5. The Morgan fingerprint density at radius 1 is 0.421 bits per heavy atom. The predicted octanol–water partition coefficient (Wildman–Crippen LogP) is 9.45. The van der Waals surface area contributed by atoms with Gasteiger partial charge < -0.3 is 34.3 Å². The summed E-state index contributed by atoms with van der Waals surface area (Å²) in [6, 6.07) is 4.39. The van der Waals surface area contributed by atoms with E-state index in [4.69, 9.17) is 4.74 Å². The van der Waals surface area contributed by atoms with Crippen molar-refractivity contribution in [1.82, 2.24) is 29.4 Å². The van der Waals surface area contributed by atoms with E-state index >= 15 is 0 Å². The van der Waals surface area contributed by atoms with Crippen LogP contribution >= 0.6 is 0 Å². The second-order valence-corrected chi connectivity index (χ2v) is 20.2. The van der Waals surface area contributed by atoms with E-state index in [1.165, 1.54) is 104 Å². The van der Waals surface area contributed by atoms with Gasteiger partial charge in [-0.1, -0.05) is 33.6 Å². The Morgan fingerprint density at radius 2 is 0.754 bits per heavy atom. The highest BCUT2D eigenvalue weighted by molar-refractivity contribution is 4.78. The van der Waals surface area contributed by atoms with E-state index in [2.05, 4.69) is 133 Å². The Labute approximate surface area is 358 Å². The second-order valence-electron chi connectivity index (χ2n) is 20.2. The van der Waals surface area contributed by atoms with Crippen LogP contribution in [0.4, 0.5) is 0 Å². The Bertz CT molecular complexity index is 842. The van der Waals surface area contributed by atoms with E-state index in [1.807, 2.05) is 0 Å². The minimum absolute atomic E-state index is 0.0324. The van der Waals surface area contributed by atoms with E-state index < -0.39 is 0 Å². The van der Waals surface area contributed by atoms with E-state index in [-0.39, 0.29) is 6.10 Å². The average Bonchev–Trinajstić information content (AvgIpc) is 3.19. The van der Waals surface area contributed by atoms with Gasteiger partial charge >= 0.3 is 0 Å². The summed E-state index contributed by atoms with van der Waals surface area (Å²) in [6.07, 6.45) is 13.2. The lowest BCUT2D eigenvalue weighted by molar-refractivity contribution is 0.0238. The highest BCUT2D eigenvalue weighted by Gasteiger charge is 2.24. The monoisotopic (exact) mass is 809 g/mol. The quantitative estimate of drug-likeness (QED) is 0.273. The Hall–Kier alpha value is -0.320. The highest BCUT2D eigenvalue weighted by Crippen LogP contribution is 2.21. The van der Waals surface area contributed by atoms with Crippen molar-refractivity contribution in [2.24, 2.45) is 17.8 Å². The van der Waals surface area contributed by atoms with Gasteiger partial charge in [0.1, 0.15) is 0 Å². The van der Waals surface area contributed by atoms with E-state index in [0.717, 1.165) is 94.2 Å². The van der Waals surface area contributed by atoms with Gasteiger partial charge in [0.15, 0.2) is 0 Å². The maximum absolute atomic E-state index is 9.18. The molecule has 0 unspecified atom stereocenters. The number of hydrogen-bond donors (Lipinski definition) is 1. The minimum atomic E-state index is -0.0324. The largest absolute Gasteiger partial charge is 0.393 e.